The molecule has 96 valence electrons. The summed E-state index contributed by atoms with van der Waals surface area (Å²) in [6.45, 7) is 3.90. The van der Waals surface area contributed by atoms with Crippen LogP contribution in [-0.2, 0) is 19.9 Å². The lowest BCUT2D eigenvalue weighted by Crippen LogP contribution is -2.08. The van der Waals surface area contributed by atoms with Gasteiger partial charge in [-0.15, -0.1) is 0 Å². The number of nitrogens with zero attached hydrogens (tertiary/aromatic N) is 2. The third-order valence-corrected chi connectivity index (χ3v) is 3.86. The summed E-state index contributed by atoms with van der Waals surface area (Å²) in [5.74, 6) is 0.407. The molecular weight excluding hydrogens is 296 g/mol. The van der Waals surface area contributed by atoms with E-state index in [4.69, 9.17) is 4.42 Å². The molecule has 0 fully saturated rings. The maximum atomic E-state index is 12.1. The highest BCUT2D eigenvalue weighted by Crippen LogP contribution is 2.23. The van der Waals surface area contributed by atoms with Crippen LogP contribution in [-0.4, -0.2) is 15.6 Å². The molecule has 4 nitrogen and oxygen atoms in total. The molecule has 2 rings (SSSR count). The van der Waals surface area contributed by atoms with Crippen LogP contribution in [0.25, 0.3) is 0 Å². The van der Waals surface area contributed by atoms with Gasteiger partial charge in [0.25, 0.3) is 0 Å². The molecule has 2 heterocycles. The number of furan rings is 1. The molecule has 0 saturated heterocycles. The van der Waals surface area contributed by atoms with E-state index < -0.39 is 0 Å². The van der Waals surface area contributed by atoms with Crippen molar-refractivity contribution in [3.8, 4) is 0 Å². The molecular formula is C13H15BrN2O2. The van der Waals surface area contributed by atoms with Crippen LogP contribution in [0.15, 0.2) is 21.2 Å². The molecule has 0 aromatic carbocycles. The molecule has 0 bridgehead atoms. The van der Waals surface area contributed by atoms with Crippen molar-refractivity contribution in [2.75, 3.05) is 0 Å². The van der Waals surface area contributed by atoms with Gasteiger partial charge in [-0.2, -0.15) is 5.10 Å². The van der Waals surface area contributed by atoms with Crippen molar-refractivity contribution >= 4 is 21.7 Å². The second-order valence-corrected chi connectivity index (χ2v) is 5.01. The third kappa shape index (κ3) is 2.27. The Balaban J connectivity index is 2.27. The SMILES string of the molecule is CCc1nn(C)c(CC(=O)c2occc2C)c1Br. The first kappa shape index (κ1) is 13.1. The van der Waals surface area contributed by atoms with Crippen molar-refractivity contribution in [2.45, 2.75) is 26.7 Å². The number of Topliss-reactive ketones (excluding diaryl/α,β-unsaturated/α-hetero) is 1. The van der Waals surface area contributed by atoms with Crippen molar-refractivity contribution in [1.29, 1.82) is 0 Å². The van der Waals surface area contributed by atoms with Crippen molar-refractivity contribution in [3.05, 3.63) is 39.5 Å². The Labute approximate surface area is 114 Å². The van der Waals surface area contributed by atoms with Gasteiger partial charge in [0.05, 0.1) is 28.5 Å². The van der Waals surface area contributed by atoms with Gasteiger partial charge in [-0.3, -0.25) is 9.48 Å². The summed E-state index contributed by atoms with van der Waals surface area (Å²) in [4.78, 5) is 12.1. The molecule has 0 N–H and O–H groups in total. The molecule has 0 atom stereocenters. The summed E-state index contributed by atoms with van der Waals surface area (Å²) >= 11 is 3.51. The fourth-order valence-corrected chi connectivity index (χ4v) is 2.66. The van der Waals surface area contributed by atoms with Crippen LogP contribution in [0.3, 0.4) is 0 Å². The minimum absolute atomic E-state index is 0.0242. The standard InChI is InChI=1S/C13H15BrN2O2/c1-4-9-12(14)10(16(3)15-9)7-11(17)13-8(2)5-6-18-13/h5-6H,4,7H2,1-3H3. The van der Waals surface area contributed by atoms with E-state index in [0.29, 0.717) is 12.2 Å². The molecule has 0 spiro atoms. The van der Waals surface area contributed by atoms with Crippen LogP contribution in [0.1, 0.15) is 34.4 Å². The Kier molecular flexibility index (Phi) is 3.71. The first-order valence-corrected chi connectivity index (χ1v) is 6.61. The lowest BCUT2D eigenvalue weighted by molar-refractivity contribution is 0.0963. The van der Waals surface area contributed by atoms with E-state index in [1.165, 1.54) is 0 Å². The van der Waals surface area contributed by atoms with Gasteiger partial charge in [0.1, 0.15) is 0 Å². The number of aromatic nitrogens is 2. The molecule has 0 unspecified atom stereocenters. The summed E-state index contributed by atoms with van der Waals surface area (Å²) in [5, 5.41) is 4.37. The first-order valence-electron chi connectivity index (χ1n) is 5.82. The van der Waals surface area contributed by atoms with Crippen LogP contribution >= 0.6 is 15.9 Å². The minimum atomic E-state index is -0.0242. The summed E-state index contributed by atoms with van der Waals surface area (Å²) in [7, 11) is 1.85. The molecule has 18 heavy (non-hydrogen) atoms. The highest BCUT2D eigenvalue weighted by atomic mass is 79.9. The molecule has 2 aromatic rings. The number of halogens is 1. The number of hydrogen-bond donors (Lipinski definition) is 0. The monoisotopic (exact) mass is 310 g/mol. The molecule has 5 heteroatoms. The van der Waals surface area contributed by atoms with Crippen LogP contribution in [0, 0.1) is 6.92 Å². The number of carbonyl (C=O) groups is 1. The molecule has 0 amide bonds. The van der Waals surface area contributed by atoms with Crippen LogP contribution in [0.2, 0.25) is 0 Å². The van der Waals surface area contributed by atoms with E-state index in [9.17, 15) is 4.79 Å². The molecule has 0 aliphatic rings. The number of rotatable bonds is 4. The Morgan fingerprint density at radius 3 is 2.78 bits per heavy atom. The summed E-state index contributed by atoms with van der Waals surface area (Å²) < 4.78 is 7.89. The van der Waals surface area contributed by atoms with E-state index in [0.717, 1.165) is 27.8 Å². The number of carbonyl (C=O) groups excluding carboxylic acids is 1. The van der Waals surface area contributed by atoms with Crippen LogP contribution in [0.5, 0.6) is 0 Å². The Bertz CT molecular complexity index is 584. The van der Waals surface area contributed by atoms with Gasteiger partial charge in [0, 0.05) is 7.05 Å². The molecule has 0 aliphatic carbocycles. The Morgan fingerprint density at radius 2 is 2.28 bits per heavy atom. The highest BCUT2D eigenvalue weighted by molar-refractivity contribution is 9.10. The molecule has 0 saturated carbocycles. The Hall–Kier alpha value is -1.36. The normalized spacial score (nSPS) is 10.9. The lowest BCUT2D eigenvalue weighted by Gasteiger charge is -2.01. The average molecular weight is 311 g/mol. The predicted molar refractivity (Wildman–Crippen MR) is 71.8 cm³/mol. The number of hydrogen-bond acceptors (Lipinski definition) is 3. The maximum Gasteiger partial charge on any atom is 0.204 e. The zero-order chi connectivity index (χ0) is 13.3. The second-order valence-electron chi connectivity index (χ2n) is 4.22. The molecule has 0 radical (unpaired) electrons. The number of aryl methyl sites for hydroxylation is 3. The largest absolute Gasteiger partial charge is 0.461 e. The zero-order valence-corrected chi connectivity index (χ0v) is 12.2. The van der Waals surface area contributed by atoms with Gasteiger partial charge in [0.15, 0.2) is 5.76 Å². The van der Waals surface area contributed by atoms with Crippen molar-refractivity contribution in [2.24, 2.45) is 7.05 Å². The van der Waals surface area contributed by atoms with Crippen molar-refractivity contribution in [3.63, 3.8) is 0 Å². The van der Waals surface area contributed by atoms with Gasteiger partial charge < -0.3 is 4.42 Å². The smallest absolute Gasteiger partial charge is 0.204 e. The maximum absolute atomic E-state index is 12.1. The quantitative estimate of drug-likeness (QED) is 0.815. The summed E-state index contributed by atoms with van der Waals surface area (Å²) in [5.41, 5.74) is 2.72. The number of ketones is 1. The predicted octanol–water partition coefficient (Wildman–Crippen LogP) is 3.07. The summed E-state index contributed by atoms with van der Waals surface area (Å²) in [6.07, 6.45) is 2.67. The fraction of sp³-hybridized carbons (Fsp3) is 0.385. The van der Waals surface area contributed by atoms with Crippen LogP contribution in [0.4, 0.5) is 0 Å². The van der Waals surface area contributed by atoms with E-state index >= 15 is 0 Å². The fourth-order valence-electron chi connectivity index (χ4n) is 1.90. The second kappa shape index (κ2) is 5.10. The first-order chi connectivity index (χ1) is 8.54. The third-order valence-electron chi connectivity index (χ3n) is 2.95. The topological polar surface area (TPSA) is 48.0 Å². The van der Waals surface area contributed by atoms with Gasteiger partial charge in [-0.1, -0.05) is 6.92 Å². The molecule has 2 aromatic heterocycles. The van der Waals surface area contributed by atoms with Crippen molar-refractivity contribution < 1.29 is 9.21 Å². The molecule has 0 aliphatic heterocycles. The summed E-state index contributed by atoms with van der Waals surface area (Å²) in [6, 6.07) is 1.79. The van der Waals surface area contributed by atoms with Gasteiger partial charge in [-0.25, -0.2) is 0 Å². The Morgan fingerprint density at radius 1 is 1.56 bits per heavy atom. The van der Waals surface area contributed by atoms with Gasteiger partial charge >= 0.3 is 0 Å². The van der Waals surface area contributed by atoms with Crippen LogP contribution < -0.4 is 0 Å². The zero-order valence-electron chi connectivity index (χ0n) is 10.7. The van der Waals surface area contributed by atoms with E-state index in [1.54, 1.807) is 17.0 Å². The van der Waals surface area contributed by atoms with E-state index in [1.807, 2.05) is 20.9 Å². The lowest BCUT2D eigenvalue weighted by atomic mass is 10.1. The van der Waals surface area contributed by atoms with E-state index in [-0.39, 0.29) is 5.78 Å². The minimum Gasteiger partial charge on any atom is -0.461 e. The highest BCUT2D eigenvalue weighted by Gasteiger charge is 2.19. The average Bonchev–Trinajstić information content (AvgIpc) is 2.87. The van der Waals surface area contributed by atoms with E-state index in [2.05, 4.69) is 21.0 Å². The van der Waals surface area contributed by atoms with Gasteiger partial charge in [-0.05, 0) is 40.9 Å². The van der Waals surface area contributed by atoms with Gasteiger partial charge in [0.2, 0.25) is 5.78 Å². The van der Waals surface area contributed by atoms with Crippen molar-refractivity contribution in [1.82, 2.24) is 9.78 Å².